The minimum absolute atomic E-state index is 0.0499. The molecule has 3 aromatic rings. The van der Waals surface area contributed by atoms with E-state index < -0.39 is 11.2 Å². The van der Waals surface area contributed by atoms with Crippen molar-refractivity contribution in [3.05, 3.63) is 65.2 Å². The monoisotopic (exact) mass is 520 g/mol. The normalized spacial score (nSPS) is 18.7. The van der Waals surface area contributed by atoms with Gasteiger partial charge in [0.2, 0.25) is 5.91 Å². The fourth-order valence-corrected chi connectivity index (χ4v) is 6.05. The van der Waals surface area contributed by atoms with Crippen LogP contribution in [0.3, 0.4) is 0 Å². The predicted molar refractivity (Wildman–Crippen MR) is 145 cm³/mol. The van der Waals surface area contributed by atoms with Crippen LogP contribution in [0.4, 0.5) is 4.39 Å². The molecule has 0 atom stereocenters. The van der Waals surface area contributed by atoms with Crippen molar-refractivity contribution >= 4 is 22.8 Å². The van der Waals surface area contributed by atoms with Gasteiger partial charge in [0.25, 0.3) is 5.91 Å². The summed E-state index contributed by atoms with van der Waals surface area (Å²) in [7, 11) is 0. The molecule has 0 bridgehead atoms. The summed E-state index contributed by atoms with van der Waals surface area (Å²) in [5.74, 6) is 0.553. The Morgan fingerprint density at radius 1 is 1.00 bits per heavy atom. The minimum Gasteiger partial charge on any atom is -0.491 e. The highest BCUT2D eigenvalue weighted by Crippen LogP contribution is 2.40. The maximum Gasteiger partial charge on any atom is 0.289 e. The van der Waals surface area contributed by atoms with Crippen LogP contribution < -0.4 is 4.74 Å². The molecule has 1 fully saturated rings. The molecule has 2 aromatic carbocycles. The molecule has 2 aliphatic rings. The van der Waals surface area contributed by atoms with Crippen LogP contribution in [0, 0.1) is 18.2 Å². The molecule has 0 N–H and O–H groups in total. The zero-order valence-electron chi connectivity index (χ0n) is 22.6. The molecular weight excluding hydrogens is 483 g/mol. The second-order valence-corrected chi connectivity index (χ2v) is 11.0. The van der Waals surface area contributed by atoms with Gasteiger partial charge in [-0.05, 0) is 70.6 Å². The third-order valence-corrected chi connectivity index (χ3v) is 8.37. The summed E-state index contributed by atoms with van der Waals surface area (Å²) in [6, 6.07) is 12.9. The molecule has 2 aliphatic heterocycles. The van der Waals surface area contributed by atoms with E-state index in [-0.39, 0.29) is 29.2 Å². The molecule has 7 heteroatoms. The van der Waals surface area contributed by atoms with Gasteiger partial charge in [0.1, 0.15) is 12.4 Å². The van der Waals surface area contributed by atoms with E-state index in [0.29, 0.717) is 50.0 Å². The number of hydrogen-bond acceptors (Lipinski definition) is 4. The number of benzene rings is 2. The van der Waals surface area contributed by atoms with Gasteiger partial charge >= 0.3 is 0 Å². The van der Waals surface area contributed by atoms with Crippen LogP contribution >= 0.6 is 0 Å². The molecule has 0 unspecified atom stereocenters. The van der Waals surface area contributed by atoms with Gasteiger partial charge in [-0.25, -0.2) is 4.39 Å². The van der Waals surface area contributed by atoms with Crippen LogP contribution in [0.1, 0.15) is 67.6 Å². The smallest absolute Gasteiger partial charge is 0.289 e. The lowest BCUT2D eigenvalue weighted by atomic mass is 9.72. The lowest BCUT2D eigenvalue weighted by Crippen LogP contribution is -2.53. The first kappa shape index (κ1) is 26.3. The summed E-state index contributed by atoms with van der Waals surface area (Å²) < 4.78 is 26.1. The van der Waals surface area contributed by atoms with E-state index >= 15 is 0 Å². The van der Waals surface area contributed by atoms with E-state index in [1.807, 2.05) is 36.9 Å². The van der Waals surface area contributed by atoms with Crippen molar-refractivity contribution in [2.75, 3.05) is 26.2 Å². The number of fused-ring (bicyclic) bond motifs is 2. The van der Waals surface area contributed by atoms with Gasteiger partial charge in [0.15, 0.2) is 17.2 Å². The number of carbonyl (C=O) groups is 2. The van der Waals surface area contributed by atoms with Crippen LogP contribution in [0.5, 0.6) is 5.75 Å². The zero-order valence-corrected chi connectivity index (χ0v) is 22.6. The van der Waals surface area contributed by atoms with Crippen LogP contribution in [0.15, 0.2) is 46.9 Å². The average Bonchev–Trinajstić information content (AvgIpc) is 3.26. The van der Waals surface area contributed by atoms with Crippen molar-refractivity contribution in [1.29, 1.82) is 0 Å². The number of amides is 2. The molecule has 1 saturated heterocycles. The van der Waals surface area contributed by atoms with Crippen LogP contribution in [-0.4, -0.2) is 53.9 Å². The largest absolute Gasteiger partial charge is 0.491 e. The molecule has 1 aromatic heterocycles. The van der Waals surface area contributed by atoms with Gasteiger partial charge in [-0.15, -0.1) is 0 Å². The molecule has 1 spiro atoms. The molecule has 6 nitrogen and oxygen atoms in total. The number of rotatable bonds is 2. The van der Waals surface area contributed by atoms with Gasteiger partial charge in [0, 0.05) is 30.1 Å². The molecule has 38 heavy (non-hydrogen) atoms. The molecular formula is C31H37FN2O4. The quantitative estimate of drug-likeness (QED) is 0.407. The topological polar surface area (TPSA) is 63.0 Å². The second kappa shape index (κ2) is 10.8. The van der Waals surface area contributed by atoms with E-state index in [0.717, 1.165) is 31.4 Å². The van der Waals surface area contributed by atoms with E-state index in [4.69, 9.17) is 9.15 Å². The van der Waals surface area contributed by atoms with Crippen molar-refractivity contribution in [2.24, 2.45) is 5.41 Å². The first-order chi connectivity index (χ1) is 18.3. The van der Waals surface area contributed by atoms with Gasteiger partial charge < -0.3 is 19.0 Å². The second-order valence-electron chi connectivity index (χ2n) is 11.0. The van der Waals surface area contributed by atoms with Crippen molar-refractivity contribution in [2.45, 2.75) is 65.3 Å². The Balaban J connectivity index is 1.35. The van der Waals surface area contributed by atoms with Gasteiger partial charge in [-0.1, -0.05) is 36.8 Å². The summed E-state index contributed by atoms with van der Waals surface area (Å²) in [4.78, 5) is 31.2. The number of aryl methyl sites for hydroxylation is 2. The standard InChI is InChI=1S/C31H37FN2O4/c1-21(2)34-19-20-37-26-13-5-4-9-23(26)10-6-7-14-31(30(34)36)15-17-33(18-16-31)29(35)27-22(3)24-11-8-12-25(32)28(24)38-27/h4-5,8-9,11-13,21H,6-7,10,14-20H2,1-3H3. The number of ether oxygens (including phenoxy) is 1. The first-order valence-corrected chi connectivity index (χ1v) is 13.8. The molecule has 0 aliphatic carbocycles. The van der Waals surface area contributed by atoms with E-state index in [9.17, 15) is 14.0 Å². The molecule has 0 saturated carbocycles. The van der Waals surface area contributed by atoms with Crippen molar-refractivity contribution in [3.63, 3.8) is 0 Å². The third kappa shape index (κ3) is 4.91. The van der Waals surface area contributed by atoms with Crippen LogP contribution in [0.25, 0.3) is 11.0 Å². The van der Waals surface area contributed by atoms with E-state index in [1.165, 1.54) is 11.6 Å². The van der Waals surface area contributed by atoms with Crippen molar-refractivity contribution in [1.82, 2.24) is 9.80 Å². The van der Waals surface area contributed by atoms with Gasteiger partial charge in [0.05, 0.1) is 12.0 Å². The average molecular weight is 521 g/mol. The maximum atomic E-state index is 14.3. The van der Waals surface area contributed by atoms with E-state index in [2.05, 4.69) is 6.07 Å². The SMILES string of the molecule is Cc1c(C(=O)N2CCC3(CCCCc4ccccc4OCCN(C(C)C)C3=O)CC2)oc2c(F)cccc12. The Labute approximate surface area is 223 Å². The summed E-state index contributed by atoms with van der Waals surface area (Å²) in [5.41, 5.74) is 1.47. The number of carbonyl (C=O) groups excluding carboxylic acids is 2. The first-order valence-electron chi connectivity index (χ1n) is 13.8. The summed E-state index contributed by atoms with van der Waals surface area (Å²) >= 11 is 0. The Bertz CT molecular complexity index is 1320. The Kier molecular flexibility index (Phi) is 7.46. The summed E-state index contributed by atoms with van der Waals surface area (Å²) in [6.45, 7) is 7.80. The van der Waals surface area contributed by atoms with Crippen molar-refractivity contribution in [3.8, 4) is 5.75 Å². The summed E-state index contributed by atoms with van der Waals surface area (Å²) in [5, 5.41) is 0.618. The fourth-order valence-electron chi connectivity index (χ4n) is 6.05. The highest BCUT2D eigenvalue weighted by Gasteiger charge is 2.45. The molecule has 5 rings (SSSR count). The number of halogens is 1. The van der Waals surface area contributed by atoms with E-state index in [1.54, 1.807) is 24.0 Å². The Hall–Kier alpha value is -3.35. The highest BCUT2D eigenvalue weighted by atomic mass is 19.1. The molecule has 202 valence electrons. The number of furan rings is 1. The number of para-hydroxylation sites is 2. The van der Waals surface area contributed by atoms with Crippen LogP contribution in [-0.2, 0) is 11.2 Å². The Morgan fingerprint density at radius 3 is 2.50 bits per heavy atom. The maximum absolute atomic E-state index is 14.3. The Morgan fingerprint density at radius 2 is 1.76 bits per heavy atom. The van der Waals surface area contributed by atoms with Crippen LogP contribution in [0.2, 0.25) is 0 Å². The van der Waals surface area contributed by atoms with Gasteiger partial charge in [-0.3, -0.25) is 9.59 Å². The summed E-state index contributed by atoms with van der Waals surface area (Å²) in [6.07, 6.45) is 4.83. The van der Waals surface area contributed by atoms with Gasteiger partial charge in [-0.2, -0.15) is 0 Å². The third-order valence-electron chi connectivity index (χ3n) is 8.37. The lowest BCUT2D eigenvalue weighted by molar-refractivity contribution is -0.148. The zero-order chi connectivity index (χ0) is 26.9. The number of nitrogens with zero attached hydrogens (tertiary/aromatic N) is 2. The van der Waals surface area contributed by atoms with Crippen molar-refractivity contribution < 1.29 is 23.1 Å². The minimum atomic E-state index is -0.505. The molecule has 2 amide bonds. The predicted octanol–water partition coefficient (Wildman–Crippen LogP) is 6.15. The molecule has 0 radical (unpaired) electrons. The molecule has 3 heterocycles. The number of piperidine rings is 1. The number of likely N-dealkylation sites (tertiary alicyclic amines) is 1. The lowest BCUT2D eigenvalue weighted by Gasteiger charge is -2.44. The highest BCUT2D eigenvalue weighted by molar-refractivity contribution is 5.99. The fraction of sp³-hybridized carbons (Fsp3) is 0.484. The number of hydrogen-bond donors (Lipinski definition) is 0.